The minimum Gasteiger partial charge on any atom is -0.392 e. The van der Waals surface area contributed by atoms with Gasteiger partial charge in [-0.3, -0.25) is 0 Å². The molecule has 0 spiro atoms. The normalized spacial score (nSPS) is 19.4. The molecule has 0 bridgehead atoms. The number of hydrogen-bond donors (Lipinski definition) is 1. The number of fused-ring (bicyclic) bond motifs is 1. The molecule has 1 aliphatic rings. The Hall–Kier alpha value is -1.61. The summed E-state index contributed by atoms with van der Waals surface area (Å²) in [6.07, 6.45) is 1.20. The minimum absolute atomic E-state index is 0.0455. The Labute approximate surface area is 126 Å². The first kappa shape index (κ1) is 14.3. The lowest BCUT2D eigenvalue weighted by Gasteiger charge is -2.27. The van der Waals surface area contributed by atoms with E-state index >= 15 is 0 Å². The Bertz CT molecular complexity index is 645. The van der Waals surface area contributed by atoms with E-state index in [0.717, 1.165) is 35.4 Å². The van der Waals surface area contributed by atoms with Crippen molar-refractivity contribution in [3.8, 4) is 0 Å². The highest BCUT2D eigenvalue weighted by atomic mass is 16.3. The van der Waals surface area contributed by atoms with E-state index in [1.807, 2.05) is 24.3 Å². The van der Waals surface area contributed by atoms with Crippen LogP contribution in [0.1, 0.15) is 32.8 Å². The summed E-state index contributed by atoms with van der Waals surface area (Å²) in [6.45, 7) is 9.03. The van der Waals surface area contributed by atoms with Gasteiger partial charge in [-0.15, -0.1) is 0 Å². The molecular formula is C18H24N2O. The number of aromatic nitrogens is 1. The van der Waals surface area contributed by atoms with Gasteiger partial charge in [-0.25, -0.2) is 4.98 Å². The van der Waals surface area contributed by atoms with Crippen molar-refractivity contribution in [1.82, 2.24) is 4.98 Å². The molecule has 21 heavy (non-hydrogen) atoms. The Kier molecular flexibility index (Phi) is 3.62. The molecule has 1 saturated heterocycles. The number of rotatable bonds is 2. The molecule has 1 N–H and O–H groups in total. The zero-order valence-corrected chi connectivity index (χ0v) is 13.1. The number of nitrogens with zero attached hydrogens (tertiary/aromatic N) is 2. The minimum atomic E-state index is 0.0455. The highest BCUT2D eigenvalue weighted by molar-refractivity contribution is 5.81. The van der Waals surface area contributed by atoms with Crippen LogP contribution in [0.3, 0.4) is 0 Å². The lowest BCUT2D eigenvalue weighted by Crippen LogP contribution is -2.27. The topological polar surface area (TPSA) is 36.4 Å². The summed E-state index contributed by atoms with van der Waals surface area (Å²) < 4.78 is 0. The smallest absolute Gasteiger partial charge is 0.134 e. The fourth-order valence-electron chi connectivity index (χ4n) is 3.20. The average Bonchev–Trinajstić information content (AvgIpc) is 2.95. The van der Waals surface area contributed by atoms with Crippen molar-refractivity contribution in [1.29, 1.82) is 0 Å². The SMILES string of the molecule is CC(C)(C)C1CCN(c2nc3ccccc3cc2CO)C1. The van der Waals surface area contributed by atoms with E-state index in [9.17, 15) is 5.11 Å². The number of hydrogen-bond acceptors (Lipinski definition) is 3. The first-order chi connectivity index (χ1) is 9.99. The van der Waals surface area contributed by atoms with Crippen molar-refractivity contribution in [3.05, 3.63) is 35.9 Å². The van der Waals surface area contributed by atoms with Crippen LogP contribution in [0, 0.1) is 11.3 Å². The number of benzene rings is 1. The molecule has 3 nitrogen and oxygen atoms in total. The summed E-state index contributed by atoms with van der Waals surface area (Å²) in [7, 11) is 0. The molecule has 1 aromatic carbocycles. The molecule has 1 aliphatic heterocycles. The van der Waals surface area contributed by atoms with Gasteiger partial charge in [0.1, 0.15) is 5.82 Å². The standard InChI is InChI=1S/C18H24N2O/c1-18(2,3)15-8-9-20(11-15)17-14(12-21)10-13-6-4-5-7-16(13)19-17/h4-7,10,15,21H,8-9,11-12H2,1-3H3. The van der Waals surface area contributed by atoms with Crippen LogP contribution in [0.25, 0.3) is 10.9 Å². The third-order valence-corrected chi connectivity index (χ3v) is 4.66. The molecule has 3 heteroatoms. The van der Waals surface area contributed by atoms with Gasteiger partial charge in [-0.1, -0.05) is 39.0 Å². The molecule has 0 radical (unpaired) electrons. The summed E-state index contributed by atoms with van der Waals surface area (Å²) in [5.41, 5.74) is 2.26. The van der Waals surface area contributed by atoms with Gasteiger partial charge in [-0.05, 0) is 29.9 Å². The zero-order valence-electron chi connectivity index (χ0n) is 13.1. The van der Waals surface area contributed by atoms with Crippen LogP contribution in [0.15, 0.2) is 30.3 Å². The Morgan fingerprint density at radius 2 is 2.05 bits per heavy atom. The fourth-order valence-corrected chi connectivity index (χ4v) is 3.20. The molecule has 1 fully saturated rings. The van der Waals surface area contributed by atoms with E-state index in [2.05, 4.69) is 31.7 Å². The van der Waals surface area contributed by atoms with E-state index < -0.39 is 0 Å². The van der Waals surface area contributed by atoms with Crippen molar-refractivity contribution in [2.45, 2.75) is 33.8 Å². The van der Waals surface area contributed by atoms with Gasteiger partial charge in [0.2, 0.25) is 0 Å². The molecule has 1 atom stereocenters. The molecule has 0 saturated carbocycles. The van der Waals surface area contributed by atoms with Crippen LogP contribution in [-0.2, 0) is 6.61 Å². The highest BCUT2D eigenvalue weighted by Gasteiger charge is 2.33. The summed E-state index contributed by atoms with van der Waals surface area (Å²) in [5.74, 6) is 1.64. The third kappa shape index (κ3) is 2.75. The van der Waals surface area contributed by atoms with E-state index in [1.54, 1.807) is 0 Å². The fraction of sp³-hybridized carbons (Fsp3) is 0.500. The largest absolute Gasteiger partial charge is 0.392 e. The summed E-state index contributed by atoms with van der Waals surface area (Å²) in [4.78, 5) is 7.15. The van der Waals surface area contributed by atoms with Gasteiger partial charge < -0.3 is 10.0 Å². The molecule has 3 rings (SSSR count). The summed E-state index contributed by atoms with van der Waals surface area (Å²) in [5, 5.41) is 10.8. The lowest BCUT2D eigenvalue weighted by molar-refractivity contribution is 0.263. The predicted octanol–water partition coefficient (Wildman–Crippen LogP) is 3.60. The quantitative estimate of drug-likeness (QED) is 0.915. The predicted molar refractivity (Wildman–Crippen MR) is 87.4 cm³/mol. The molecule has 1 unspecified atom stereocenters. The lowest BCUT2D eigenvalue weighted by atomic mass is 9.80. The van der Waals surface area contributed by atoms with Gasteiger partial charge in [0.25, 0.3) is 0 Å². The maximum absolute atomic E-state index is 9.70. The number of pyridine rings is 1. The number of anilines is 1. The van der Waals surface area contributed by atoms with E-state index in [0.29, 0.717) is 11.3 Å². The summed E-state index contributed by atoms with van der Waals surface area (Å²) in [6, 6.07) is 10.2. The monoisotopic (exact) mass is 284 g/mol. The van der Waals surface area contributed by atoms with Crippen LogP contribution < -0.4 is 4.90 Å². The molecular weight excluding hydrogens is 260 g/mol. The Balaban J connectivity index is 1.97. The second kappa shape index (κ2) is 5.30. The first-order valence-corrected chi connectivity index (χ1v) is 7.73. The van der Waals surface area contributed by atoms with E-state index in [-0.39, 0.29) is 6.61 Å². The van der Waals surface area contributed by atoms with Gasteiger partial charge in [0.15, 0.2) is 0 Å². The Morgan fingerprint density at radius 1 is 1.29 bits per heavy atom. The van der Waals surface area contributed by atoms with Crippen LogP contribution in [0.5, 0.6) is 0 Å². The molecule has 0 aliphatic carbocycles. The number of aliphatic hydroxyl groups excluding tert-OH is 1. The average molecular weight is 284 g/mol. The first-order valence-electron chi connectivity index (χ1n) is 7.73. The van der Waals surface area contributed by atoms with Crippen molar-refractivity contribution >= 4 is 16.7 Å². The number of para-hydroxylation sites is 1. The van der Waals surface area contributed by atoms with Gasteiger partial charge in [-0.2, -0.15) is 0 Å². The maximum atomic E-state index is 9.70. The van der Waals surface area contributed by atoms with Gasteiger partial charge in [0.05, 0.1) is 12.1 Å². The second-order valence-electron chi connectivity index (χ2n) is 7.12. The molecule has 1 aromatic heterocycles. The number of aliphatic hydroxyl groups is 1. The van der Waals surface area contributed by atoms with Gasteiger partial charge in [0, 0.05) is 24.0 Å². The van der Waals surface area contributed by atoms with Crippen molar-refractivity contribution in [2.24, 2.45) is 11.3 Å². The van der Waals surface area contributed by atoms with Crippen molar-refractivity contribution < 1.29 is 5.11 Å². The molecule has 112 valence electrons. The Morgan fingerprint density at radius 3 is 2.71 bits per heavy atom. The molecule has 2 heterocycles. The maximum Gasteiger partial charge on any atom is 0.134 e. The van der Waals surface area contributed by atoms with Crippen molar-refractivity contribution in [3.63, 3.8) is 0 Å². The second-order valence-corrected chi connectivity index (χ2v) is 7.12. The molecule has 0 amide bonds. The van der Waals surface area contributed by atoms with Crippen molar-refractivity contribution in [2.75, 3.05) is 18.0 Å². The summed E-state index contributed by atoms with van der Waals surface area (Å²) >= 11 is 0. The van der Waals surface area contributed by atoms with Crippen LogP contribution in [-0.4, -0.2) is 23.2 Å². The highest BCUT2D eigenvalue weighted by Crippen LogP contribution is 2.36. The third-order valence-electron chi connectivity index (χ3n) is 4.66. The van der Waals surface area contributed by atoms with Crippen LogP contribution in [0.2, 0.25) is 0 Å². The van der Waals surface area contributed by atoms with E-state index in [4.69, 9.17) is 4.98 Å². The van der Waals surface area contributed by atoms with Crippen LogP contribution >= 0.6 is 0 Å². The molecule has 2 aromatic rings. The zero-order chi connectivity index (χ0) is 15.0. The van der Waals surface area contributed by atoms with Gasteiger partial charge >= 0.3 is 0 Å². The van der Waals surface area contributed by atoms with Crippen LogP contribution in [0.4, 0.5) is 5.82 Å². The van der Waals surface area contributed by atoms with E-state index in [1.165, 1.54) is 6.42 Å².